The number of rotatable bonds is 4. The molecule has 0 bridgehead atoms. The van der Waals surface area contributed by atoms with Crippen molar-refractivity contribution in [2.24, 2.45) is 0 Å². The first-order valence-electron chi connectivity index (χ1n) is 9.50. The van der Waals surface area contributed by atoms with Gasteiger partial charge >= 0.3 is 0 Å². The largest absolute Gasteiger partial charge is 0.366 e. The zero-order chi connectivity index (χ0) is 20.3. The number of aryl methyl sites for hydroxylation is 3. The number of piperazine rings is 1. The van der Waals surface area contributed by atoms with E-state index in [0.717, 1.165) is 22.4 Å². The summed E-state index contributed by atoms with van der Waals surface area (Å²) in [7, 11) is 0. The number of nitrogens with one attached hydrogen (secondary N) is 1. The molecule has 0 atom stereocenters. The Kier molecular flexibility index (Phi) is 5.97. The molecule has 0 aromatic heterocycles. The van der Waals surface area contributed by atoms with Crippen molar-refractivity contribution in [2.45, 2.75) is 27.2 Å². The van der Waals surface area contributed by atoms with Crippen molar-refractivity contribution in [3.8, 4) is 0 Å². The van der Waals surface area contributed by atoms with Crippen molar-refractivity contribution in [3.63, 3.8) is 0 Å². The van der Waals surface area contributed by atoms with Crippen molar-refractivity contribution in [1.82, 2.24) is 4.90 Å². The van der Waals surface area contributed by atoms with E-state index in [1.807, 2.05) is 37.8 Å². The number of nitrogens with zero attached hydrogens (tertiary/aromatic N) is 2. The molecule has 2 amide bonds. The molecule has 148 valence electrons. The van der Waals surface area contributed by atoms with Gasteiger partial charge in [0, 0.05) is 31.9 Å². The molecular formula is C22H26FN3O2. The summed E-state index contributed by atoms with van der Waals surface area (Å²) in [6.07, 6.45) is -0.188. The highest BCUT2D eigenvalue weighted by Gasteiger charge is 2.24. The first-order valence-corrected chi connectivity index (χ1v) is 9.50. The second-order valence-corrected chi connectivity index (χ2v) is 7.32. The van der Waals surface area contributed by atoms with Crippen molar-refractivity contribution < 1.29 is 14.0 Å². The van der Waals surface area contributed by atoms with E-state index in [1.165, 1.54) is 6.07 Å². The van der Waals surface area contributed by atoms with Gasteiger partial charge in [0.05, 0.1) is 5.69 Å². The van der Waals surface area contributed by atoms with Crippen LogP contribution in [0.2, 0.25) is 0 Å². The Morgan fingerprint density at radius 3 is 2.21 bits per heavy atom. The average molecular weight is 383 g/mol. The summed E-state index contributed by atoms with van der Waals surface area (Å²) in [5, 5.41) is 2.87. The lowest BCUT2D eigenvalue weighted by molar-refractivity contribution is -0.134. The fourth-order valence-corrected chi connectivity index (χ4v) is 3.71. The Morgan fingerprint density at radius 1 is 1.00 bits per heavy atom. The van der Waals surface area contributed by atoms with Crippen molar-refractivity contribution >= 4 is 23.2 Å². The SMILES string of the molecule is Cc1cc(C)c(NC(=O)CC(=O)N2CCN(c3ccccc3F)CC2)c(C)c1. The van der Waals surface area contributed by atoms with Crippen molar-refractivity contribution in [1.29, 1.82) is 0 Å². The average Bonchev–Trinajstić information content (AvgIpc) is 2.65. The molecule has 1 fully saturated rings. The highest BCUT2D eigenvalue weighted by atomic mass is 19.1. The van der Waals surface area contributed by atoms with E-state index < -0.39 is 0 Å². The second kappa shape index (κ2) is 8.42. The predicted octanol–water partition coefficient (Wildman–Crippen LogP) is 3.43. The zero-order valence-electron chi connectivity index (χ0n) is 16.6. The highest BCUT2D eigenvalue weighted by molar-refractivity contribution is 6.04. The Bertz CT molecular complexity index is 866. The normalized spacial score (nSPS) is 14.1. The second-order valence-electron chi connectivity index (χ2n) is 7.32. The Hall–Kier alpha value is -2.89. The van der Waals surface area contributed by atoms with Crippen LogP contribution in [0.1, 0.15) is 23.1 Å². The fraction of sp³-hybridized carbons (Fsp3) is 0.364. The van der Waals surface area contributed by atoms with Gasteiger partial charge in [-0.3, -0.25) is 9.59 Å². The van der Waals surface area contributed by atoms with Gasteiger partial charge in [0.25, 0.3) is 0 Å². The van der Waals surface area contributed by atoms with Crippen molar-refractivity contribution in [3.05, 3.63) is 58.9 Å². The van der Waals surface area contributed by atoms with E-state index in [9.17, 15) is 14.0 Å². The van der Waals surface area contributed by atoms with Gasteiger partial charge in [-0.05, 0) is 44.0 Å². The lowest BCUT2D eigenvalue weighted by Gasteiger charge is -2.36. The molecular weight excluding hydrogens is 357 g/mol. The standard InChI is InChI=1S/C22H26FN3O2/c1-15-12-16(2)22(17(3)13-15)24-20(27)14-21(28)26-10-8-25(9-11-26)19-7-5-4-6-18(19)23/h4-7,12-13H,8-11,14H2,1-3H3,(H,24,27). The molecule has 0 saturated carbocycles. The maximum Gasteiger partial charge on any atom is 0.233 e. The van der Waals surface area contributed by atoms with Gasteiger partial charge in [0.2, 0.25) is 11.8 Å². The van der Waals surface area contributed by atoms with Crippen LogP contribution in [0, 0.1) is 26.6 Å². The van der Waals surface area contributed by atoms with E-state index >= 15 is 0 Å². The Labute approximate surface area is 165 Å². The maximum atomic E-state index is 13.9. The van der Waals surface area contributed by atoms with Gasteiger partial charge in [0.1, 0.15) is 12.2 Å². The summed E-state index contributed by atoms with van der Waals surface area (Å²) in [5.74, 6) is -0.768. The van der Waals surface area contributed by atoms with E-state index in [-0.39, 0.29) is 24.1 Å². The summed E-state index contributed by atoms with van der Waals surface area (Å²) in [6.45, 7) is 7.94. The fourth-order valence-electron chi connectivity index (χ4n) is 3.71. The molecule has 28 heavy (non-hydrogen) atoms. The lowest BCUT2D eigenvalue weighted by atomic mass is 10.0. The lowest BCUT2D eigenvalue weighted by Crippen LogP contribution is -2.49. The highest BCUT2D eigenvalue weighted by Crippen LogP contribution is 2.23. The number of anilines is 2. The maximum absolute atomic E-state index is 13.9. The number of carbonyl (C=O) groups excluding carboxylic acids is 2. The number of hydrogen-bond donors (Lipinski definition) is 1. The quantitative estimate of drug-likeness (QED) is 0.823. The summed E-state index contributed by atoms with van der Waals surface area (Å²) in [6, 6.07) is 10.7. The minimum atomic E-state index is -0.309. The minimum Gasteiger partial charge on any atom is -0.366 e. The van der Waals surface area contributed by atoms with Gasteiger partial charge in [0.15, 0.2) is 0 Å². The van der Waals surface area contributed by atoms with Gasteiger partial charge in [-0.2, -0.15) is 0 Å². The molecule has 1 N–H and O–H groups in total. The number of hydrogen-bond acceptors (Lipinski definition) is 3. The molecule has 2 aromatic rings. The number of benzene rings is 2. The van der Waals surface area contributed by atoms with Crippen LogP contribution >= 0.6 is 0 Å². The molecule has 0 aliphatic carbocycles. The molecule has 1 aliphatic heterocycles. The smallest absolute Gasteiger partial charge is 0.233 e. The van der Waals surface area contributed by atoms with E-state index in [2.05, 4.69) is 5.32 Å². The third-order valence-electron chi connectivity index (χ3n) is 5.08. The van der Waals surface area contributed by atoms with Crippen LogP contribution in [-0.2, 0) is 9.59 Å². The van der Waals surface area contributed by atoms with E-state index in [1.54, 1.807) is 23.1 Å². The molecule has 0 spiro atoms. The van der Waals surface area contributed by atoms with Gasteiger partial charge in [-0.15, -0.1) is 0 Å². The monoisotopic (exact) mass is 383 g/mol. The van der Waals surface area contributed by atoms with Crippen LogP contribution in [0.25, 0.3) is 0 Å². The first-order chi connectivity index (χ1) is 13.3. The molecule has 1 saturated heterocycles. The Balaban J connectivity index is 1.55. The summed E-state index contributed by atoms with van der Waals surface area (Å²) < 4.78 is 13.9. The molecule has 5 nitrogen and oxygen atoms in total. The number of halogens is 1. The van der Waals surface area contributed by atoms with Crippen LogP contribution in [-0.4, -0.2) is 42.9 Å². The van der Waals surface area contributed by atoms with E-state index in [4.69, 9.17) is 0 Å². The van der Waals surface area contributed by atoms with E-state index in [0.29, 0.717) is 31.9 Å². The third kappa shape index (κ3) is 4.50. The predicted molar refractivity (Wildman–Crippen MR) is 109 cm³/mol. The number of carbonyl (C=O) groups is 2. The molecule has 2 aromatic carbocycles. The van der Waals surface area contributed by atoms with Gasteiger partial charge in [-0.1, -0.05) is 29.8 Å². The topological polar surface area (TPSA) is 52.7 Å². The van der Waals surface area contributed by atoms with Crippen LogP contribution < -0.4 is 10.2 Å². The molecule has 0 radical (unpaired) electrons. The molecule has 6 heteroatoms. The van der Waals surface area contributed by atoms with Crippen LogP contribution in [0.5, 0.6) is 0 Å². The molecule has 1 heterocycles. The zero-order valence-corrected chi connectivity index (χ0v) is 16.6. The van der Waals surface area contributed by atoms with Crippen LogP contribution in [0.4, 0.5) is 15.8 Å². The third-order valence-corrected chi connectivity index (χ3v) is 5.08. The molecule has 0 unspecified atom stereocenters. The Morgan fingerprint density at radius 2 is 1.61 bits per heavy atom. The van der Waals surface area contributed by atoms with Gasteiger partial charge < -0.3 is 15.1 Å². The van der Waals surface area contributed by atoms with Crippen LogP contribution in [0.15, 0.2) is 36.4 Å². The molecule has 3 rings (SSSR count). The van der Waals surface area contributed by atoms with Gasteiger partial charge in [-0.25, -0.2) is 4.39 Å². The minimum absolute atomic E-state index is 0.188. The summed E-state index contributed by atoms with van der Waals surface area (Å²) in [4.78, 5) is 28.5. The number of para-hydroxylation sites is 1. The summed E-state index contributed by atoms with van der Waals surface area (Å²) >= 11 is 0. The first kappa shape index (κ1) is 19.9. The van der Waals surface area contributed by atoms with Crippen LogP contribution in [0.3, 0.4) is 0 Å². The van der Waals surface area contributed by atoms with Crippen molar-refractivity contribution in [2.75, 3.05) is 36.4 Å². The summed E-state index contributed by atoms with van der Waals surface area (Å²) in [5.41, 5.74) is 4.43. The molecule has 1 aliphatic rings. The number of amides is 2.